The van der Waals surface area contributed by atoms with Crippen LogP contribution in [0.15, 0.2) is 41.5 Å². The van der Waals surface area contributed by atoms with Gasteiger partial charge in [-0.05, 0) is 24.5 Å². The molecule has 0 saturated heterocycles. The van der Waals surface area contributed by atoms with Gasteiger partial charge in [0, 0.05) is 16.7 Å². The molecule has 0 saturated carbocycles. The van der Waals surface area contributed by atoms with Crippen molar-refractivity contribution in [2.75, 3.05) is 0 Å². The average Bonchev–Trinajstić information content (AvgIpc) is 2.35. The van der Waals surface area contributed by atoms with E-state index in [4.69, 9.17) is 0 Å². The summed E-state index contributed by atoms with van der Waals surface area (Å²) in [6.07, 6.45) is 2.28. The Labute approximate surface area is 105 Å². The van der Waals surface area contributed by atoms with E-state index in [-0.39, 0.29) is 5.78 Å². The standard InChI is InChI=1S/C15H14O3/c1-8-4-2-5-9-12(8)15(18)13-10(14(9)17)6-3-7-11(13)16/h2-6,11,15-16,18H,7H2,1H3. The lowest BCUT2D eigenvalue weighted by Gasteiger charge is -2.31. The molecule has 2 atom stereocenters. The van der Waals surface area contributed by atoms with E-state index < -0.39 is 12.2 Å². The molecule has 0 amide bonds. The molecule has 3 nitrogen and oxygen atoms in total. The molecule has 0 radical (unpaired) electrons. The minimum absolute atomic E-state index is 0.107. The highest BCUT2D eigenvalue weighted by Crippen LogP contribution is 2.40. The Morgan fingerprint density at radius 3 is 2.83 bits per heavy atom. The number of aliphatic hydroxyl groups excluding tert-OH is 2. The van der Waals surface area contributed by atoms with Gasteiger partial charge in [0.05, 0.1) is 6.10 Å². The van der Waals surface area contributed by atoms with Gasteiger partial charge in [-0.25, -0.2) is 0 Å². The summed E-state index contributed by atoms with van der Waals surface area (Å²) in [5.41, 5.74) is 2.95. The second-order valence-corrected chi connectivity index (χ2v) is 4.79. The maximum atomic E-state index is 12.4. The number of allylic oxidation sites excluding steroid dienone is 2. The highest BCUT2D eigenvalue weighted by Gasteiger charge is 2.36. The summed E-state index contributed by atoms with van der Waals surface area (Å²) in [6.45, 7) is 1.87. The summed E-state index contributed by atoms with van der Waals surface area (Å²) in [5, 5.41) is 20.4. The topological polar surface area (TPSA) is 57.5 Å². The van der Waals surface area contributed by atoms with E-state index in [9.17, 15) is 15.0 Å². The van der Waals surface area contributed by atoms with Gasteiger partial charge in [-0.15, -0.1) is 0 Å². The Balaban J connectivity index is 2.27. The molecule has 92 valence electrons. The molecule has 2 aliphatic carbocycles. The molecule has 0 bridgehead atoms. The van der Waals surface area contributed by atoms with Crippen molar-refractivity contribution in [2.24, 2.45) is 0 Å². The van der Waals surface area contributed by atoms with Crippen LogP contribution >= 0.6 is 0 Å². The Morgan fingerprint density at radius 2 is 2.06 bits per heavy atom. The number of carbonyl (C=O) groups is 1. The number of benzene rings is 1. The second kappa shape index (κ2) is 3.90. The molecule has 1 aromatic carbocycles. The van der Waals surface area contributed by atoms with Gasteiger partial charge in [0.15, 0.2) is 5.78 Å². The number of fused-ring (bicyclic) bond motifs is 1. The molecule has 0 heterocycles. The quantitative estimate of drug-likeness (QED) is 0.730. The van der Waals surface area contributed by atoms with Crippen LogP contribution in [0.3, 0.4) is 0 Å². The van der Waals surface area contributed by atoms with Gasteiger partial charge in [0.1, 0.15) is 6.10 Å². The number of aliphatic hydroxyl groups is 2. The first-order chi connectivity index (χ1) is 8.61. The molecule has 1 aromatic rings. The summed E-state index contributed by atoms with van der Waals surface area (Å²) >= 11 is 0. The lowest BCUT2D eigenvalue weighted by atomic mass is 9.76. The van der Waals surface area contributed by atoms with Crippen molar-refractivity contribution < 1.29 is 15.0 Å². The zero-order chi connectivity index (χ0) is 12.9. The fraction of sp³-hybridized carbons (Fsp3) is 0.267. The number of ketones is 1. The Morgan fingerprint density at radius 1 is 1.28 bits per heavy atom. The van der Waals surface area contributed by atoms with E-state index in [1.165, 1.54) is 0 Å². The number of hydrogen-bond donors (Lipinski definition) is 2. The molecule has 0 aliphatic heterocycles. The van der Waals surface area contributed by atoms with Crippen LogP contribution in [0.5, 0.6) is 0 Å². The summed E-state index contributed by atoms with van der Waals surface area (Å²) in [4.78, 5) is 12.4. The van der Waals surface area contributed by atoms with Gasteiger partial charge in [-0.3, -0.25) is 4.79 Å². The van der Waals surface area contributed by atoms with Crippen molar-refractivity contribution in [3.63, 3.8) is 0 Å². The van der Waals surface area contributed by atoms with E-state index in [1.807, 2.05) is 19.1 Å². The molecule has 3 heteroatoms. The molecule has 3 rings (SSSR count). The highest BCUT2D eigenvalue weighted by atomic mass is 16.3. The summed E-state index contributed by atoms with van der Waals surface area (Å²) in [5.74, 6) is -0.107. The molecular weight excluding hydrogens is 228 g/mol. The molecular formula is C15H14O3. The lowest BCUT2D eigenvalue weighted by Crippen LogP contribution is -2.29. The van der Waals surface area contributed by atoms with Crippen LogP contribution in [-0.2, 0) is 0 Å². The van der Waals surface area contributed by atoms with Gasteiger partial charge in [0.25, 0.3) is 0 Å². The molecule has 0 aromatic heterocycles. The number of rotatable bonds is 0. The molecule has 18 heavy (non-hydrogen) atoms. The predicted molar refractivity (Wildman–Crippen MR) is 67.3 cm³/mol. The van der Waals surface area contributed by atoms with Crippen molar-refractivity contribution in [1.29, 1.82) is 0 Å². The van der Waals surface area contributed by atoms with Crippen LogP contribution in [0.4, 0.5) is 0 Å². The molecule has 0 fully saturated rings. The molecule has 2 aliphatic rings. The molecule has 2 N–H and O–H groups in total. The first-order valence-electron chi connectivity index (χ1n) is 6.02. The Kier molecular flexibility index (Phi) is 2.47. The average molecular weight is 242 g/mol. The van der Waals surface area contributed by atoms with Gasteiger partial charge in [-0.2, -0.15) is 0 Å². The van der Waals surface area contributed by atoms with Gasteiger partial charge >= 0.3 is 0 Å². The normalized spacial score (nSPS) is 26.1. The Bertz CT molecular complexity index is 596. The summed E-state index contributed by atoms with van der Waals surface area (Å²) < 4.78 is 0. The van der Waals surface area contributed by atoms with Crippen LogP contribution in [0.25, 0.3) is 0 Å². The van der Waals surface area contributed by atoms with Gasteiger partial charge in [0.2, 0.25) is 0 Å². The minimum Gasteiger partial charge on any atom is -0.388 e. The van der Waals surface area contributed by atoms with Crippen LogP contribution in [0.1, 0.15) is 34.0 Å². The molecule has 0 spiro atoms. The fourth-order valence-electron chi connectivity index (χ4n) is 2.80. The third-order valence-corrected chi connectivity index (χ3v) is 3.70. The van der Waals surface area contributed by atoms with E-state index in [1.54, 1.807) is 18.2 Å². The van der Waals surface area contributed by atoms with E-state index in [2.05, 4.69) is 0 Å². The van der Waals surface area contributed by atoms with E-state index in [0.717, 1.165) is 5.56 Å². The molecule has 2 unspecified atom stereocenters. The first-order valence-corrected chi connectivity index (χ1v) is 6.02. The third kappa shape index (κ3) is 1.41. The highest BCUT2D eigenvalue weighted by molar-refractivity contribution is 6.14. The third-order valence-electron chi connectivity index (χ3n) is 3.70. The number of hydrogen-bond acceptors (Lipinski definition) is 3. The van der Waals surface area contributed by atoms with Crippen LogP contribution < -0.4 is 0 Å². The van der Waals surface area contributed by atoms with Crippen molar-refractivity contribution in [3.05, 3.63) is 58.2 Å². The predicted octanol–water partition coefficient (Wildman–Crippen LogP) is 1.84. The van der Waals surface area contributed by atoms with Gasteiger partial charge in [-0.1, -0.05) is 30.4 Å². The maximum absolute atomic E-state index is 12.4. The van der Waals surface area contributed by atoms with Gasteiger partial charge < -0.3 is 10.2 Å². The van der Waals surface area contributed by atoms with Crippen molar-refractivity contribution >= 4 is 5.78 Å². The monoisotopic (exact) mass is 242 g/mol. The largest absolute Gasteiger partial charge is 0.388 e. The number of aryl methyl sites for hydroxylation is 1. The van der Waals surface area contributed by atoms with E-state index in [0.29, 0.717) is 28.7 Å². The van der Waals surface area contributed by atoms with Crippen LogP contribution in [0, 0.1) is 6.92 Å². The SMILES string of the molecule is Cc1cccc2c1C(O)C1=C(C=CCC1O)C2=O. The van der Waals surface area contributed by atoms with Crippen LogP contribution in [0.2, 0.25) is 0 Å². The van der Waals surface area contributed by atoms with Crippen molar-refractivity contribution in [3.8, 4) is 0 Å². The summed E-state index contributed by atoms with van der Waals surface area (Å²) in [6, 6.07) is 5.41. The number of carbonyl (C=O) groups excluding carboxylic acids is 1. The smallest absolute Gasteiger partial charge is 0.193 e. The van der Waals surface area contributed by atoms with E-state index >= 15 is 0 Å². The summed E-state index contributed by atoms with van der Waals surface area (Å²) in [7, 11) is 0. The van der Waals surface area contributed by atoms with Crippen LogP contribution in [-0.4, -0.2) is 22.1 Å². The van der Waals surface area contributed by atoms with Crippen molar-refractivity contribution in [2.45, 2.75) is 25.6 Å². The zero-order valence-electron chi connectivity index (χ0n) is 10.1. The minimum atomic E-state index is -0.881. The first kappa shape index (κ1) is 11.4. The fourth-order valence-corrected chi connectivity index (χ4v) is 2.80. The van der Waals surface area contributed by atoms with Crippen molar-refractivity contribution in [1.82, 2.24) is 0 Å². The Hall–Kier alpha value is -1.71. The zero-order valence-corrected chi connectivity index (χ0v) is 10.1. The maximum Gasteiger partial charge on any atom is 0.193 e. The lowest BCUT2D eigenvalue weighted by molar-refractivity contribution is 0.0979. The second-order valence-electron chi connectivity index (χ2n) is 4.79. The number of Topliss-reactive ketones (excluding diaryl/α,β-unsaturated/α-hetero) is 1.